The van der Waals surface area contributed by atoms with Crippen LogP contribution in [0.2, 0.25) is 0 Å². The van der Waals surface area contributed by atoms with Gasteiger partial charge in [-0.25, -0.2) is 4.98 Å². The largest absolute Gasteiger partial charge is 0.360 e. The summed E-state index contributed by atoms with van der Waals surface area (Å²) in [5, 5.41) is 8.11. The Morgan fingerprint density at radius 2 is 2.10 bits per heavy atom. The van der Waals surface area contributed by atoms with Crippen molar-refractivity contribution < 1.29 is 4.79 Å². The quantitative estimate of drug-likeness (QED) is 0.474. The molecule has 1 amide bonds. The summed E-state index contributed by atoms with van der Waals surface area (Å²) >= 11 is 0. The number of amides is 1. The number of nitrogens with zero attached hydrogens (tertiary/aromatic N) is 6. The molecule has 6 heterocycles. The predicted octanol–water partition coefficient (Wildman–Crippen LogP) is 3.18. The van der Waals surface area contributed by atoms with Gasteiger partial charge in [0.2, 0.25) is 5.91 Å². The van der Waals surface area contributed by atoms with Crippen LogP contribution in [0.1, 0.15) is 12.6 Å². The van der Waals surface area contributed by atoms with Crippen LogP contribution in [0.5, 0.6) is 0 Å². The van der Waals surface area contributed by atoms with Crippen molar-refractivity contribution in [2.75, 3.05) is 11.9 Å². The van der Waals surface area contributed by atoms with Gasteiger partial charge in [-0.2, -0.15) is 5.10 Å². The number of pyridine rings is 2. The Kier molecular flexibility index (Phi) is 3.82. The molecule has 1 aliphatic rings. The number of nitrogens with one attached hydrogen (secondary N) is 2. The van der Waals surface area contributed by atoms with E-state index in [4.69, 9.17) is 0 Å². The number of aromatic nitrogens is 6. The fourth-order valence-corrected chi connectivity index (χ4v) is 4.11. The molecule has 0 spiro atoms. The van der Waals surface area contributed by atoms with E-state index < -0.39 is 0 Å². The zero-order valence-corrected chi connectivity index (χ0v) is 16.9. The maximum absolute atomic E-state index is 11.7. The zero-order valence-electron chi connectivity index (χ0n) is 16.9. The van der Waals surface area contributed by atoms with E-state index in [1.807, 2.05) is 50.9 Å². The molecule has 1 aliphatic heterocycles. The van der Waals surface area contributed by atoms with Gasteiger partial charge in [0.05, 0.1) is 35.5 Å². The normalized spacial score (nSPS) is 13.6. The number of imidazole rings is 1. The Labute approximate surface area is 177 Å². The lowest BCUT2D eigenvalue weighted by atomic mass is 10.1. The second-order valence-electron chi connectivity index (χ2n) is 7.74. The predicted molar refractivity (Wildman–Crippen MR) is 117 cm³/mol. The number of fused-ring (bicyclic) bond motifs is 3. The van der Waals surface area contributed by atoms with Crippen LogP contribution in [0, 0.1) is 0 Å². The van der Waals surface area contributed by atoms with Crippen molar-refractivity contribution in [1.29, 1.82) is 0 Å². The van der Waals surface area contributed by atoms with Gasteiger partial charge in [-0.3, -0.25) is 14.5 Å². The average Bonchev–Trinajstić information content (AvgIpc) is 3.50. The summed E-state index contributed by atoms with van der Waals surface area (Å²) in [6, 6.07) is 8.11. The van der Waals surface area contributed by atoms with E-state index in [1.54, 1.807) is 13.1 Å². The molecule has 0 bridgehead atoms. The van der Waals surface area contributed by atoms with Gasteiger partial charge in [-0.05, 0) is 18.2 Å². The molecule has 0 fully saturated rings. The first-order chi connectivity index (χ1) is 15.1. The van der Waals surface area contributed by atoms with Crippen LogP contribution in [0.15, 0.2) is 55.2 Å². The van der Waals surface area contributed by atoms with Gasteiger partial charge >= 0.3 is 0 Å². The van der Waals surface area contributed by atoms with Gasteiger partial charge in [-0.15, -0.1) is 0 Å². The van der Waals surface area contributed by atoms with Gasteiger partial charge in [0.15, 0.2) is 11.5 Å². The van der Waals surface area contributed by atoms with Gasteiger partial charge in [0.25, 0.3) is 0 Å². The van der Waals surface area contributed by atoms with Gasteiger partial charge in [-0.1, -0.05) is 0 Å². The summed E-state index contributed by atoms with van der Waals surface area (Å²) in [6.07, 6.45) is 9.51. The summed E-state index contributed by atoms with van der Waals surface area (Å²) in [6.45, 7) is 3.55. The molecule has 0 saturated carbocycles. The molecule has 9 nitrogen and oxygen atoms in total. The minimum atomic E-state index is 0.0846. The third-order valence-corrected chi connectivity index (χ3v) is 5.73. The van der Waals surface area contributed by atoms with E-state index in [-0.39, 0.29) is 5.91 Å². The molecule has 0 atom stereocenters. The summed E-state index contributed by atoms with van der Waals surface area (Å²) in [4.78, 5) is 25.8. The summed E-state index contributed by atoms with van der Waals surface area (Å²) in [5.41, 5.74) is 6.64. The van der Waals surface area contributed by atoms with Crippen LogP contribution in [-0.4, -0.2) is 46.5 Å². The van der Waals surface area contributed by atoms with E-state index in [0.29, 0.717) is 19.6 Å². The molecule has 0 aliphatic carbocycles. The zero-order chi connectivity index (χ0) is 20.9. The number of aromatic amines is 1. The molecule has 2 N–H and O–H groups in total. The Hall–Kier alpha value is -4.14. The second-order valence-corrected chi connectivity index (χ2v) is 7.74. The molecular weight excluding hydrogens is 392 g/mol. The lowest BCUT2D eigenvalue weighted by Gasteiger charge is -2.26. The van der Waals surface area contributed by atoms with E-state index in [2.05, 4.69) is 37.5 Å². The maximum atomic E-state index is 11.7. The molecule has 0 radical (unpaired) electrons. The average molecular weight is 412 g/mol. The van der Waals surface area contributed by atoms with Crippen LogP contribution < -0.4 is 5.32 Å². The van der Waals surface area contributed by atoms with Crippen LogP contribution >= 0.6 is 0 Å². The Morgan fingerprint density at radius 1 is 1.16 bits per heavy atom. The van der Waals surface area contributed by atoms with Crippen LogP contribution in [-0.2, 0) is 17.9 Å². The minimum absolute atomic E-state index is 0.0846. The Bertz CT molecular complexity index is 1440. The van der Waals surface area contributed by atoms with Gasteiger partial charge in [0.1, 0.15) is 0 Å². The fourth-order valence-electron chi connectivity index (χ4n) is 4.11. The number of hydrogen-bond donors (Lipinski definition) is 2. The summed E-state index contributed by atoms with van der Waals surface area (Å²) < 4.78 is 3.95. The number of carbonyl (C=O) groups excluding carboxylic acids is 1. The van der Waals surface area contributed by atoms with E-state index in [1.165, 1.54) is 0 Å². The monoisotopic (exact) mass is 412 g/mol. The first kappa shape index (κ1) is 17.7. The first-order valence-corrected chi connectivity index (χ1v) is 10.1. The molecular formula is C22H20N8O. The van der Waals surface area contributed by atoms with E-state index in [9.17, 15) is 4.79 Å². The van der Waals surface area contributed by atoms with Crippen molar-refractivity contribution in [3.8, 4) is 11.1 Å². The SMILES string of the molecule is CC(=O)N1CCn2nc(Nc3cc(-c4cnc5cc[nH]c5c4)cn4ccnc34)cc2C1. The highest BCUT2D eigenvalue weighted by atomic mass is 16.2. The molecule has 9 heteroatoms. The molecule has 5 aromatic rings. The van der Waals surface area contributed by atoms with Crippen LogP contribution in [0.4, 0.5) is 11.5 Å². The van der Waals surface area contributed by atoms with Crippen molar-refractivity contribution in [2.24, 2.45) is 0 Å². The third kappa shape index (κ3) is 3.02. The number of rotatable bonds is 3. The van der Waals surface area contributed by atoms with Crippen molar-refractivity contribution in [3.05, 3.63) is 60.9 Å². The highest BCUT2D eigenvalue weighted by Gasteiger charge is 2.20. The van der Waals surface area contributed by atoms with Crippen LogP contribution in [0.3, 0.4) is 0 Å². The third-order valence-electron chi connectivity index (χ3n) is 5.73. The minimum Gasteiger partial charge on any atom is -0.360 e. The number of carbonyl (C=O) groups is 1. The molecule has 154 valence electrons. The van der Waals surface area contributed by atoms with E-state index >= 15 is 0 Å². The fraction of sp³-hybridized carbons (Fsp3) is 0.182. The van der Waals surface area contributed by atoms with Crippen molar-refractivity contribution >= 4 is 34.1 Å². The number of anilines is 2. The highest BCUT2D eigenvalue weighted by Crippen LogP contribution is 2.29. The first-order valence-electron chi connectivity index (χ1n) is 10.1. The lowest BCUT2D eigenvalue weighted by molar-refractivity contribution is -0.130. The maximum Gasteiger partial charge on any atom is 0.219 e. The summed E-state index contributed by atoms with van der Waals surface area (Å²) in [5.74, 6) is 0.821. The smallest absolute Gasteiger partial charge is 0.219 e. The van der Waals surface area contributed by atoms with E-state index in [0.717, 1.165) is 45.0 Å². The number of H-pyrrole nitrogens is 1. The molecule has 31 heavy (non-hydrogen) atoms. The molecule has 0 aromatic carbocycles. The van der Waals surface area contributed by atoms with Gasteiger partial charge in [0, 0.05) is 61.6 Å². The number of hydrogen-bond acceptors (Lipinski definition) is 5. The van der Waals surface area contributed by atoms with Crippen molar-refractivity contribution in [2.45, 2.75) is 20.0 Å². The summed E-state index contributed by atoms with van der Waals surface area (Å²) in [7, 11) is 0. The van der Waals surface area contributed by atoms with Gasteiger partial charge < -0.3 is 19.6 Å². The topological polar surface area (TPSA) is 96.1 Å². The second kappa shape index (κ2) is 6.69. The Morgan fingerprint density at radius 3 is 3.00 bits per heavy atom. The molecule has 6 rings (SSSR count). The highest BCUT2D eigenvalue weighted by molar-refractivity contribution is 5.84. The molecule has 0 saturated heterocycles. The van der Waals surface area contributed by atoms with Crippen molar-refractivity contribution in [1.82, 2.24) is 34.0 Å². The standard InChI is InChI=1S/C22H20N8O/c1-14(31)28-6-7-30-17(13-28)10-21(27-30)26-20-9-16(12-29-5-4-24-22(20)29)15-8-19-18(25-11-15)2-3-23-19/h2-5,8-12,23H,6-7,13H2,1H3,(H,26,27). The van der Waals surface area contributed by atoms with Crippen molar-refractivity contribution in [3.63, 3.8) is 0 Å². The Balaban J connectivity index is 1.38. The molecule has 0 unspecified atom stereocenters. The molecule has 5 aromatic heterocycles. The lowest BCUT2D eigenvalue weighted by Crippen LogP contribution is -2.36. The van der Waals surface area contributed by atoms with Crippen LogP contribution in [0.25, 0.3) is 27.8 Å².